The first-order valence-electron chi connectivity index (χ1n) is 8.72. The fourth-order valence-electron chi connectivity index (χ4n) is 3.10. The van der Waals surface area contributed by atoms with Crippen molar-refractivity contribution in [3.63, 3.8) is 0 Å². The molecule has 5 nitrogen and oxygen atoms in total. The molecule has 4 rings (SSSR count). The Morgan fingerprint density at radius 3 is 2.96 bits per heavy atom. The number of benzene rings is 1. The molecular weight excluding hydrogens is 348 g/mol. The van der Waals surface area contributed by atoms with Crippen molar-refractivity contribution in [2.75, 3.05) is 19.7 Å². The lowest BCUT2D eigenvalue weighted by atomic mass is 10.1. The zero-order valence-corrected chi connectivity index (χ0v) is 15.2. The molecule has 1 saturated heterocycles. The van der Waals surface area contributed by atoms with Gasteiger partial charge in [-0.15, -0.1) is 11.3 Å². The molecule has 0 bridgehead atoms. The molecule has 1 aliphatic rings. The predicted octanol–water partition coefficient (Wildman–Crippen LogP) is 3.88. The number of carbonyl (C=O) groups is 1. The highest BCUT2D eigenvalue weighted by Crippen LogP contribution is 2.25. The van der Waals surface area contributed by atoms with E-state index in [-0.39, 0.29) is 12.0 Å². The van der Waals surface area contributed by atoms with Gasteiger partial charge in [0, 0.05) is 24.0 Å². The Labute approximate surface area is 156 Å². The second kappa shape index (κ2) is 7.85. The van der Waals surface area contributed by atoms with Gasteiger partial charge in [0.05, 0.1) is 19.0 Å². The maximum atomic E-state index is 12.8. The zero-order valence-electron chi connectivity index (χ0n) is 14.3. The number of nitrogens with zero attached hydrogens (tertiary/aromatic N) is 2. The lowest BCUT2D eigenvalue weighted by Crippen LogP contribution is -2.45. The smallest absolute Gasteiger partial charge is 0.273 e. The van der Waals surface area contributed by atoms with Crippen molar-refractivity contribution < 1.29 is 13.9 Å². The van der Waals surface area contributed by atoms with E-state index in [4.69, 9.17) is 9.15 Å². The summed E-state index contributed by atoms with van der Waals surface area (Å²) in [6.45, 7) is 1.80. The maximum Gasteiger partial charge on any atom is 0.273 e. The average Bonchev–Trinajstić information content (AvgIpc) is 3.38. The molecule has 0 unspecified atom stereocenters. The van der Waals surface area contributed by atoms with Gasteiger partial charge in [-0.2, -0.15) is 0 Å². The number of furan rings is 1. The van der Waals surface area contributed by atoms with Crippen molar-refractivity contribution in [2.24, 2.45) is 0 Å². The van der Waals surface area contributed by atoms with E-state index >= 15 is 0 Å². The largest absolute Gasteiger partial charge is 0.472 e. The van der Waals surface area contributed by atoms with Gasteiger partial charge in [0.1, 0.15) is 17.0 Å². The van der Waals surface area contributed by atoms with E-state index < -0.39 is 0 Å². The minimum absolute atomic E-state index is 0.0241. The van der Waals surface area contributed by atoms with E-state index in [2.05, 4.69) is 17.1 Å². The number of morpholine rings is 1. The summed E-state index contributed by atoms with van der Waals surface area (Å²) in [7, 11) is 0. The molecule has 3 aromatic rings. The van der Waals surface area contributed by atoms with Gasteiger partial charge in [0.15, 0.2) is 0 Å². The highest BCUT2D eigenvalue weighted by molar-refractivity contribution is 7.13. The zero-order chi connectivity index (χ0) is 17.8. The fraction of sp³-hybridized carbons (Fsp3) is 0.300. The van der Waals surface area contributed by atoms with E-state index in [9.17, 15) is 4.79 Å². The first-order chi connectivity index (χ1) is 12.8. The van der Waals surface area contributed by atoms with Crippen molar-refractivity contribution in [2.45, 2.75) is 18.9 Å². The molecule has 134 valence electrons. The van der Waals surface area contributed by atoms with Crippen LogP contribution in [0.4, 0.5) is 0 Å². The Balaban J connectivity index is 1.37. The van der Waals surface area contributed by atoms with E-state index in [1.165, 1.54) is 16.9 Å². The SMILES string of the molecule is O=C(c1csc(-c2ccoc2)n1)N1CCO[C@@H](CCc2ccccc2)C1. The van der Waals surface area contributed by atoms with Crippen LogP contribution >= 0.6 is 11.3 Å². The van der Waals surface area contributed by atoms with Crippen LogP contribution < -0.4 is 0 Å². The Morgan fingerprint density at radius 2 is 2.15 bits per heavy atom. The number of carbonyl (C=O) groups excluding carboxylic acids is 1. The van der Waals surface area contributed by atoms with Crippen molar-refractivity contribution in [3.8, 4) is 10.6 Å². The molecule has 0 N–H and O–H groups in total. The van der Waals surface area contributed by atoms with Gasteiger partial charge in [-0.05, 0) is 24.5 Å². The molecule has 1 aromatic carbocycles. The number of hydrogen-bond acceptors (Lipinski definition) is 5. The van der Waals surface area contributed by atoms with Gasteiger partial charge >= 0.3 is 0 Å². The quantitative estimate of drug-likeness (QED) is 0.686. The number of rotatable bonds is 5. The third-order valence-corrected chi connectivity index (χ3v) is 5.41. The standard InChI is InChI=1S/C20H20N2O3S/c23-20(18-14-26-19(21-18)16-8-10-24-13-16)22-9-11-25-17(12-22)7-6-15-4-2-1-3-5-15/h1-5,8,10,13-14,17H,6-7,9,11-12H2/t17-/m0/s1. The van der Waals surface area contributed by atoms with E-state index in [0.717, 1.165) is 23.4 Å². The van der Waals surface area contributed by atoms with Gasteiger partial charge in [-0.3, -0.25) is 4.79 Å². The monoisotopic (exact) mass is 368 g/mol. The summed E-state index contributed by atoms with van der Waals surface area (Å²) in [5.41, 5.74) is 2.69. The van der Waals surface area contributed by atoms with Gasteiger partial charge in [0.25, 0.3) is 5.91 Å². The molecule has 2 aromatic heterocycles. The van der Waals surface area contributed by atoms with Crippen LogP contribution in [0.15, 0.2) is 58.7 Å². The summed E-state index contributed by atoms with van der Waals surface area (Å²) in [6.07, 6.45) is 5.18. The molecule has 0 aliphatic carbocycles. The number of hydrogen-bond donors (Lipinski definition) is 0. The minimum Gasteiger partial charge on any atom is -0.472 e. The summed E-state index contributed by atoms with van der Waals surface area (Å²) >= 11 is 1.46. The van der Waals surface area contributed by atoms with Gasteiger partial charge in [0.2, 0.25) is 0 Å². The first kappa shape index (κ1) is 17.0. The summed E-state index contributed by atoms with van der Waals surface area (Å²) in [5, 5.41) is 2.62. The van der Waals surface area contributed by atoms with Crippen molar-refractivity contribution in [1.82, 2.24) is 9.88 Å². The molecule has 1 atom stereocenters. The van der Waals surface area contributed by atoms with Crippen LogP contribution in [0.1, 0.15) is 22.5 Å². The van der Waals surface area contributed by atoms with Crippen LogP contribution in [-0.4, -0.2) is 41.6 Å². The topological polar surface area (TPSA) is 55.6 Å². The lowest BCUT2D eigenvalue weighted by Gasteiger charge is -2.32. The van der Waals surface area contributed by atoms with Crippen molar-refractivity contribution in [1.29, 1.82) is 0 Å². The van der Waals surface area contributed by atoms with Crippen LogP contribution in [0.3, 0.4) is 0 Å². The lowest BCUT2D eigenvalue weighted by molar-refractivity contribution is -0.0247. The van der Waals surface area contributed by atoms with Gasteiger partial charge in [-0.25, -0.2) is 4.98 Å². The Kier molecular flexibility index (Phi) is 5.13. The number of ether oxygens (including phenoxy) is 1. The molecule has 1 fully saturated rings. The fourth-order valence-corrected chi connectivity index (χ4v) is 3.88. The normalized spacial score (nSPS) is 17.4. The first-order valence-corrected chi connectivity index (χ1v) is 9.60. The predicted molar refractivity (Wildman–Crippen MR) is 100 cm³/mol. The van der Waals surface area contributed by atoms with E-state index in [1.54, 1.807) is 12.5 Å². The Hall–Kier alpha value is -2.44. The third kappa shape index (κ3) is 3.86. The number of amides is 1. The molecule has 0 radical (unpaired) electrons. The summed E-state index contributed by atoms with van der Waals surface area (Å²) < 4.78 is 10.9. The van der Waals surface area contributed by atoms with Crippen LogP contribution in [0.5, 0.6) is 0 Å². The van der Waals surface area contributed by atoms with Crippen LogP contribution in [0, 0.1) is 0 Å². The Bertz CT molecular complexity index is 845. The molecule has 26 heavy (non-hydrogen) atoms. The molecule has 0 saturated carbocycles. The average molecular weight is 368 g/mol. The number of thiazole rings is 1. The summed E-state index contributed by atoms with van der Waals surface area (Å²) in [6, 6.07) is 12.2. The molecular formula is C20H20N2O3S. The highest BCUT2D eigenvalue weighted by Gasteiger charge is 2.26. The Morgan fingerprint density at radius 1 is 1.27 bits per heavy atom. The second-order valence-corrected chi connectivity index (χ2v) is 7.18. The summed E-state index contributed by atoms with van der Waals surface area (Å²) in [4.78, 5) is 19.1. The highest BCUT2D eigenvalue weighted by atomic mass is 32.1. The van der Waals surface area contributed by atoms with Crippen LogP contribution in [-0.2, 0) is 11.2 Å². The second-order valence-electron chi connectivity index (χ2n) is 6.32. The molecule has 0 spiro atoms. The van der Waals surface area contributed by atoms with Crippen molar-refractivity contribution >= 4 is 17.2 Å². The number of aromatic nitrogens is 1. The summed E-state index contributed by atoms with van der Waals surface area (Å²) in [5.74, 6) is -0.0241. The minimum atomic E-state index is -0.0241. The number of aryl methyl sites for hydroxylation is 1. The third-order valence-electron chi connectivity index (χ3n) is 4.52. The van der Waals surface area contributed by atoms with E-state index in [1.807, 2.05) is 34.5 Å². The van der Waals surface area contributed by atoms with Gasteiger partial charge in [-0.1, -0.05) is 30.3 Å². The molecule has 6 heteroatoms. The van der Waals surface area contributed by atoms with Crippen LogP contribution in [0.2, 0.25) is 0 Å². The van der Waals surface area contributed by atoms with Crippen LogP contribution in [0.25, 0.3) is 10.6 Å². The van der Waals surface area contributed by atoms with Crippen molar-refractivity contribution in [3.05, 3.63) is 65.6 Å². The molecule has 1 amide bonds. The molecule has 3 heterocycles. The van der Waals surface area contributed by atoms with Gasteiger partial charge < -0.3 is 14.1 Å². The van der Waals surface area contributed by atoms with E-state index in [0.29, 0.717) is 25.4 Å². The molecule has 1 aliphatic heterocycles. The maximum absolute atomic E-state index is 12.8.